The van der Waals surface area contributed by atoms with E-state index in [1.165, 1.54) is 19.2 Å². The van der Waals surface area contributed by atoms with Crippen molar-refractivity contribution < 1.29 is 9.13 Å². The molecule has 1 aromatic carbocycles. The van der Waals surface area contributed by atoms with Gasteiger partial charge in [-0.25, -0.2) is 9.37 Å². The summed E-state index contributed by atoms with van der Waals surface area (Å²) < 4.78 is 19.1. The van der Waals surface area contributed by atoms with Crippen LogP contribution >= 0.6 is 15.9 Å². The number of H-pyrrole nitrogens is 1. The van der Waals surface area contributed by atoms with E-state index in [4.69, 9.17) is 4.74 Å². The molecule has 0 fully saturated rings. The maximum absolute atomic E-state index is 13.8. The van der Waals surface area contributed by atoms with Crippen LogP contribution in [0.3, 0.4) is 0 Å². The molecule has 2 aromatic rings. The molecule has 0 saturated heterocycles. The van der Waals surface area contributed by atoms with Crippen LogP contribution in [0.5, 0.6) is 5.75 Å². The average molecular weight is 355 g/mol. The van der Waals surface area contributed by atoms with Gasteiger partial charge < -0.3 is 9.72 Å². The number of aromatic amines is 1. The summed E-state index contributed by atoms with van der Waals surface area (Å²) in [7, 11) is 1.40. The zero-order chi connectivity index (χ0) is 15.6. The number of ether oxygens (including phenoxy) is 1. The molecule has 0 aliphatic heterocycles. The Morgan fingerprint density at radius 3 is 2.71 bits per heavy atom. The lowest BCUT2D eigenvalue weighted by atomic mass is 10.1. The van der Waals surface area contributed by atoms with Gasteiger partial charge in [-0.05, 0) is 46.5 Å². The second-order valence-electron chi connectivity index (χ2n) is 5.12. The fourth-order valence-electron chi connectivity index (χ4n) is 1.98. The third-order valence-electron chi connectivity index (χ3n) is 2.96. The third kappa shape index (κ3) is 3.50. The molecule has 0 saturated carbocycles. The summed E-state index contributed by atoms with van der Waals surface area (Å²) in [5.41, 5.74) is 0.898. The van der Waals surface area contributed by atoms with Gasteiger partial charge in [-0.1, -0.05) is 13.8 Å². The number of hydrogen-bond acceptors (Lipinski definition) is 3. The summed E-state index contributed by atoms with van der Waals surface area (Å²) in [5, 5.41) is 0. The fraction of sp³-hybridized carbons (Fsp3) is 0.333. The molecule has 1 N–H and O–H groups in total. The molecule has 6 heteroatoms. The monoisotopic (exact) mass is 354 g/mol. The topological polar surface area (TPSA) is 55.0 Å². The lowest BCUT2D eigenvalue weighted by Crippen LogP contribution is -2.15. The second kappa shape index (κ2) is 6.39. The summed E-state index contributed by atoms with van der Waals surface area (Å²) in [6.07, 6.45) is 0.663. The second-order valence-corrected chi connectivity index (χ2v) is 5.92. The molecule has 112 valence electrons. The Balaban J connectivity index is 2.51. The smallest absolute Gasteiger partial charge is 0.265 e. The molecule has 21 heavy (non-hydrogen) atoms. The third-order valence-corrected chi connectivity index (χ3v) is 3.78. The average Bonchev–Trinajstić information content (AvgIpc) is 2.43. The lowest BCUT2D eigenvalue weighted by molar-refractivity contribution is 0.386. The van der Waals surface area contributed by atoms with Crippen molar-refractivity contribution in [3.63, 3.8) is 0 Å². The minimum absolute atomic E-state index is 0.153. The van der Waals surface area contributed by atoms with Gasteiger partial charge in [-0.3, -0.25) is 4.79 Å². The highest BCUT2D eigenvalue weighted by atomic mass is 79.9. The number of halogens is 2. The Labute approximate surface area is 130 Å². The van der Waals surface area contributed by atoms with Crippen molar-refractivity contribution >= 4 is 15.9 Å². The van der Waals surface area contributed by atoms with Crippen LogP contribution in [0.4, 0.5) is 4.39 Å². The first-order valence-electron chi connectivity index (χ1n) is 6.55. The van der Waals surface area contributed by atoms with E-state index >= 15 is 0 Å². The summed E-state index contributed by atoms with van der Waals surface area (Å²) in [5.74, 6) is 0.364. The Hall–Kier alpha value is -1.69. The lowest BCUT2D eigenvalue weighted by Gasteiger charge is -2.09. The number of methoxy groups -OCH3 is 1. The van der Waals surface area contributed by atoms with E-state index in [0.717, 1.165) is 0 Å². The van der Waals surface area contributed by atoms with Gasteiger partial charge in [0.15, 0.2) is 11.6 Å². The van der Waals surface area contributed by atoms with Gasteiger partial charge >= 0.3 is 0 Å². The number of hydrogen-bond donors (Lipinski definition) is 1. The summed E-state index contributed by atoms with van der Waals surface area (Å²) in [6.45, 7) is 4.09. The fourth-order valence-corrected chi connectivity index (χ4v) is 2.33. The van der Waals surface area contributed by atoms with Gasteiger partial charge in [0.05, 0.1) is 12.8 Å². The van der Waals surface area contributed by atoms with Crippen molar-refractivity contribution in [2.45, 2.75) is 20.3 Å². The molecular formula is C15H16BrFN2O2. The van der Waals surface area contributed by atoms with E-state index in [1.807, 2.05) is 13.8 Å². The van der Waals surface area contributed by atoms with Gasteiger partial charge in [0, 0.05) is 5.56 Å². The zero-order valence-electron chi connectivity index (χ0n) is 12.0. The van der Waals surface area contributed by atoms with Crippen molar-refractivity contribution in [1.29, 1.82) is 0 Å². The highest BCUT2D eigenvalue weighted by Gasteiger charge is 2.13. The largest absolute Gasteiger partial charge is 0.494 e. The number of aromatic nitrogens is 2. The van der Waals surface area contributed by atoms with E-state index in [9.17, 15) is 9.18 Å². The van der Waals surface area contributed by atoms with Gasteiger partial charge in [-0.2, -0.15) is 0 Å². The van der Waals surface area contributed by atoms with Crippen LogP contribution in [-0.2, 0) is 6.42 Å². The quantitative estimate of drug-likeness (QED) is 0.913. The first-order valence-corrected chi connectivity index (χ1v) is 7.34. The standard InChI is InChI=1S/C15H16BrFN2O2/c1-8(2)6-11-13(16)15(20)19-14(18-11)9-4-5-12(21-3)10(17)7-9/h4-5,7-8H,6H2,1-3H3,(H,18,19,20). The molecule has 0 aliphatic rings. The van der Waals surface area contributed by atoms with Crippen LogP contribution in [0, 0.1) is 11.7 Å². The highest BCUT2D eigenvalue weighted by Crippen LogP contribution is 2.24. The summed E-state index contributed by atoms with van der Waals surface area (Å²) in [4.78, 5) is 19.0. The van der Waals surface area contributed by atoms with Crippen LogP contribution in [0.25, 0.3) is 11.4 Å². The SMILES string of the molecule is COc1ccc(-c2nc(CC(C)C)c(Br)c(=O)[nH]2)cc1F. The first-order chi connectivity index (χ1) is 9.92. The van der Waals surface area contributed by atoms with Gasteiger partial charge in [-0.15, -0.1) is 0 Å². The van der Waals surface area contributed by atoms with Crippen LogP contribution in [0.15, 0.2) is 27.5 Å². The van der Waals surface area contributed by atoms with Crippen molar-refractivity contribution in [2.75, 3.05) is 7.11 Å². The predicted molar refractivity (Wildman–Crippen MR) is 83.0 cm³/mol. The van der Waals surface area contributed by atoms with Crippen LogP contribution in [0.1, 0.15) is 19.5 Å². The van der Waals surface area contributed by atoms with Gasteiger partial charge in [0.2, 0.25) is 0 Å². The molecule has 2 rings (SSSR count). The van der Waals surface area contributed by atoms with Crippen molar-refractivity contribution in [3.05, 3.63) is 44.5 Å². The van der Waals surface area contributed by atoms with E-state index in [1.54, 1.807) is 6.07 Å². The zero-order valence-corrected chi connectivity index (χ0v) is 13.6. The normalized spacial score (nSPS) is 11.0. The Kier molecular flexibility index (Phi) is 4.77. The van der Waals surface area contributed by atoms with Crippen molar-refractivity contribution in [3.8, 4) is 17.1 Å². The maximum Gasteiger partial charge on any atom is 0.265 e. The molecule has 0 atom stereocenters. The van der Waals surface area contributed by atoms with Crippen LogP contribution < -0.4 is 10.3 Å². The van der Waals surface area contributed by atoms with E-state index in [2.05, 4.69) is 25.9 Å². The molecule has 0 spiro atoms. The maximum atomic E-state index is 13.8. The minimum Gasteiger partial charge on any atom is -0.494 e. The van der Waals surface area contributed by atoms with E-state index in [-0.39, 0.29) is 11.3 Å². The Morgan fingerprint density at radius 2 is 2.14 bits per heavy atom. The molecule has 0 radical (unpaired) electrons. The van der Waals surface area contributed by atoms with Crippen molar-refractivity contribution in [2.24, 2.45) is 5.92 Å². The van der Waals surface area contributed by atoms with Crippen molar-refractivity contribution in [1.82, 2.24) is 9.97 Å². The number of rotatable bonds is 4. The number of nitrogens with zero attached hydrogens (tertiary/aromatic N) is 1. The molecular weight excluding hydrogens is 339 g/mol. The molecule has 4 nitrogen and oxygen atoms in total. The Morgan fingerprint density at radius 1 is 1.43 bits per heavy atom. The van der Waals surface area contributed by atoms with Crippen LogP contribution in [0.2, 0.25) is 0 Å². The number of nitrogens with one attached hydrogen (secondary N) is 1. The highest BCUT2D eigenvalue weighted by molar-refractivity contribution is 9.10. The first kappa shape index (κ1) is 15.7. The molecule has 0 aliphatic carbocycles. The van der Waals surface area contributed by atoms with E-state index in [0.29, 0.717) is 33.9 Å². The van der Waals surface area contributed by atoms with Gasteiger partial charge in [0.25, 0.3) is 5.56 Å². The molecule has 1 heterocycles. The summed E-state index contributed by atoms with van der Waals surface area (Å²) >= 11 is 3.25. The Bertz CT molecular complexity index is 713. The van der Waals surface area contributed by atoms with Crippen LogP contribution in [-0.4, -0.2) is 17.1 Å². The molecule has 1 aromatic heterocycles. The molecule has 0 bridgehead atoms. The molecule has 0 unspecified atom stereocenters. The molecule has 0 amide bonds. The predicted octanol–water partition coefficient (Wildman–Crippen LogP) is 3.55. The van der Waals surface area contributed by atoms with E-state index < -0.39 is 5.82 Å². The minimum atomic E-state index is -0.494. The summed E-state index contributed by atoms with van der Waals surface area (Å²) in [6, 6.07) is 4.46. The number of benzene rings is 1. The van der Waals surface area contributed by atoms with Gasteiger partial charge in [0.1, 0.15) is 10.3 Å².